The number of carboxylic acid groups (broad SMARTS) is 1. The lowest BCUT2D eigenvalue weighted by Gasteiger charge is -2.16. The molecule has 0 amide bonds. The molecule has 21 heavy (non-hydrogen) atoms. The number of carboxylic acids is 1. The lowest BCUT2D eigenvalue weighted by molar-refractivity contribution is 0.0695. The van der Waals surface area contributed by atoms with Crippen molar-refractivity contribution < 1.29 is 9.90 Å². The van der Waals surface area contributed by atoms with Gasteiger partial charge in [-0.05, 0) is 37.0 Å². The summed E-state index contributed by atoms with van der Waals surface area (Å²) in [5, 5.41) is 13.7. The first-order valence-corrected chi connectivity index (χ1v) is 7.52. The van der Waals surface area contributed by atoms with Crippen molar-refractivity contribution in [1.82, 2.24) is 9.78 Å². The van der Waals surface area contributed by atoms with E-state index in [1.807, 2.05) is 12.1 Å². The van der Waals surface area contributed by atoms with E-state index in [2.05, 4.69) is 38.0 Å². The summed E-state index contributed by atoms with van der Waals surface area (Å²) in [6.45, 7) is 6.27. The number of rotatable bonds is 6. The van der Waals surface area contributed by atoms with Gasteiger partial charge in [0, 0.05) is 5.92 Å². The molecule has 0 atom stereocenters. The molecule has 0 spiro atoms. The number of nitrogens with zero attached hydrogens (tertiary/aromatic N) is 2. The lowest BCUT2D eigenvalue weighted by atomic mass is 9.96. The number of benzene rings is 1. The van der Waals surface area contributed by atoms with Gasteiger partial charge in [-0.25, -0.2) is 9.48 Å². The fourth-order valence-corrected chi connectivity index (χ4v) is 2.67. The minimum absolute atomic E-state index is 0.199. The zero-order valence-corrected chi connectivity index (χ0v) is 12.8. The normalized spacial score (nSPS) is 11.0. The second-order valence-corrected chi connectivity index (χ2v) is 5.19. The zero-order valence-electron chi connectivity index (χ0n) is 12.8. The standard InChI is InChI=1S/C17H22N2O2/c1-4-12-7-9-14(10-8-12)19-16(13(5-2)6-3)15(11-18-19)17(20)21/h7-11,13H,4-6H2,1-3H3,(H,20,21). The van der Waals surface area contributed by atoms with E-state index in [-0.39, 0.29) is 5.92 Å². The molecule has 112 valence electrons. The molecule has 0 bridgehead atoms. The van der Waals surface area contributed by atoms with Crippen LogP contribution in [0.4, 0.5) is 0 Å². The molecular weight excluding hydrogens is 264 g/mol. The van der Waals surface area contributed by atoms with E-state index in [4.69, 9.17) is 0 Å². The molecule has 4 heteroatoms. The van der Waals surface area contributed by atoms with Crippen LogP contribution in [0.2, 0.25) is 0 Å². The second kappa shape index (κ2) is 6.57. The Labute approximate surface area is 125 Å². The number of aromatic carboxylic acids is 1. The predicted octanol–water partition coefficient (Wildman–Crippen LogP) is 4.04. The summed E-state index contributed by atoms with van der Waals surface area (Å²) in [7, 11) is 0. The summed E-state index contributed by atoms with van der Waals surface area (Å²) >= 11 is 0. The molecule has 0 unspecified atom stereocenters. The highest BCUT2D eigenvalue weighted by atomic mass is 16.4. The van der Waals surface area contributed by atoms with Crippen LogP contribution >= 0.6 is 0 Å². The number of carbonyl (C=O) groups is 1. The molecule has 0 aliphatic rings. The number of aromatic nitrogens is 2. The molecule has 0 fully saturated rings. The Hall–Kier alpha value is -2.10. The van der Waals surface area contributed by atoms with Gasteiger partial charge < -0.3 is 5.11 Å². The largest absolute Gasteiger partial charge is 0.478 e. The Morgan fingerprint density at radius 1 is 1.19 bits per heavy atom. The van der Waals surface area contributed by atoms with Crippen LogP contribution in [0.3, 0.4) is 0 Å². The number of hydrogen-bond donors (Lipinski definition) is 1. The molecule has 1 aromatic carbocycles. The highest BCUT2D eigenvalue weighted by Gasteiger charge is 2.23. The van der Waals surface area contributed by atoms with Gasteiger partial charge in [0.05, 0.1) is 17.6 Å². The van der Waals surface area contributed by atoms with Gasteiger partial charge in [0.2, 0.25) is 0 Å². The van der Waals surface area contributed by atoms with Crippen LogP contribution < -0.4 is 0 Å². The van der Waals surface area contributed by atoms with Crippen molar-refractivity contribution in [1.29, 1.82) is 0 Å². The molecule has 1 aromatic heterocycles. The molecule has 2 rings (SSSR count). The predicted molar refractivity (Wildman–Crippen MR) is 83.2 cm³/mol. The van der Waals surface area contributed by atoms with Gasteiger partial charge >= 0.3 is 5.97 Å². The van der Waals surface area contributed by atoms with Gasteiger partial charge in [0.1, 0.15) is 5.56 Å². The Kier molecular flexibility index (Phi) is 4.78. The quantitative estimate of drug-likeness (QED) is 0.872. The fraction of sp³-hybridized carbons (Fsp3) is 0.412. The van der Waals surface area contributed by atoms with Gasteiger partial charge in [0.25, 0.3) is 0 Å². The molecule has 1 N–H and O–H groups in total. The summed E-state index contributed by atoms with van der Waals surface area (Å²) in [6, 6.07) is 8.13. The average molecular weight is 286 g/mol. The van der Waals surface area contributed by atoms with Gasteiger partial charge in [-0.1, -0.05) is 32.9 Å². The van der Waals surface area contributed by atoms with Crippen LogP contribution in [-0.4, -0.2) is 20.9 Å². The highest BCUT2D eigenvalue weighted by molar-refractivity contribution is 5.89. The molecule has 2 aromatic rings. The Morgan fingerprint density at radius 2 is 1.81 bits per heavy atom. The molecule has 0 aliphatic heterocycles. The first-order valence-electron chi connectivity index (χ1n) is 7.52. The second-order valence-electron chi connectivity index (χ2n) is 5.19. The van der Waals surface area contributed by atoms with Crippen molar-refractivity contribution in [2.45, 2.75) is 46.0 Å². The SMILES string of the molecule is CCc1ccc(-n2ncc(C(=O)O)c2C(CC)CC)cc1. The van der Waals surface area contributed by atoms with E-state index in [0.717, 1.165) is 30.6 Å². The molecule has 1 heterocycles. The highest BCUT2D eigenvalue weighted by Crippen LogP contribution is 2.28. The van der Waals surface area contributed by atoms with E-state index in [1.54, 1.807) is 4.68 Å². The fourth-order valence-electron chi connectivity index (χ4n) is 2.67. The topological polar surface area (TPSA) is 55.1 Å². The van der Waals surface area contributed by atoms with Gasteiger partial charge in [-0.2, -0.15) is 5.10 Å². The van der Waals surface area contributed by atoms with Crippen LogP contribution in [0.15, 0.2) is 30.5 Å². The van der Waals surface area contributed by atoms with Gasteiger partial charge in [-0.3, -0.25) is 0 Å². The van der Waals surface area contributed by atoms with Crippen molar-refractivity contribution in [2.75, 3.05) is 0 Å². The van der Waals surface area contributed by atoms with Crippen molar-refractivity contribution in [2.24, 2.45) is 0 Å². The third kappa shape index (κ3) is 2.99. The Bertz CT molecular complexity index is 610. The molecular formula is C17H22N2O2. The van der Waals surface area contributed by atoms with E-state index >= 15 is 0 Å². The summed E-state index contributed by atoms with van der Waals surface area (Å²) in [6.07, 6.45) is 4.24. The summed E-state index contributed by atoms with van der Waals surface area (Å²) in [5.41, 5.74) is 3.29. The van der Waals surface area contributed by atoms with Crippen LogP contribution in [0.25, 0.3) is 5.69 Å². The van der Waals surface area contributed by atoms with E-state index < -0.39 is 5.97 Å². The Balaban J connectivity index is 2.54. The van der Waals surface area contributed by atoms with Crippen LogP contribution in [0.1, 0.15) is 61.1 Å². The number of hydrogen-bond acceptors (Lipinski definition) is 2. The van der Waals surface area contributed by atoms with Crippen LogP contribution in [-0.2, 0) is 6.42 Å². The first-order chi connectivity index (χ1) is 10.1. The maximum absolute atomic E-state index is 11.4. The lowest BCUT2D eigenvalue weighted by Crippen LogP contribution is -2.11. The van der Waals surface area contributed by atoms with Crippen molar-refractivity contribution in [3.8, 4) is 5.69 Å². The minimum Gasteiger partial charge on any atom is -0.478 e. The summed E-state index contributed by atoms with van der Waals surface area (Å²) in [4.78, 5) is 11.4. The van der Waals surface area contributed by atoms with Crippen molar-refractivity contribution >= 4 is 5.97 Å². The number of aryl methyl sites for hydroxylation is 1. The van der Waals surface area contributed by atoms with Gasteiger partial charge in [0.15, 0.2) is 0 Å². The molecule has 0 saturated carbocycles. The molecule has 4 nitrogen and oxygen atoms in total. The molecule has 0 radical (unpaired) electrons. The molecule has 0 aliphatic carbocycles. The minimum atomic E-state index is -0.909. The summed E-state index contributed by atoms with van der Waals surface area (Å²) in [5.74, 6) is -0.710. The Morgan fingerprint density at radius 3 is 2.29 bits per heavy atom. The van der Waals surface area contributed by atoms with E-state index in [1.165, 1.54) is 11.8 Å². The average Bonchev–Trinajstić information content (AvgIpc) is 2.94. The first kappa shape index (κ1) is 15.3. The third-order valence-electron chi connectivity index (χ3n) is 4.00. The summed E-state index contributed by atoms with van der Waals surface area (Å²) < 4.78 is 1.78. The van der Waals surface area contributed by atoms with E-state index in [9.17, 15) is 9.90 Å². The third-order valence-corrected chi connectivity index (χ3v) is 4.00. The van der Waals surface area contributed by atoms with Crippen molar-refractivity contribution in [3.05, 3.63) is 47.3 Å². The molecule has 0 saturated heterocycles. The maximum Gasteiger partial charge on any atom is 0.339 e. The smallest absolute Gasteiger partial charge is 0.339 e. The monoisotopic (exact) mass is 286 g/mol. The van der Waals surface area contributed by atoms with E-state index in [0.29, 0.717) is 5.56 Å². The maximum atomic E-state index is 11.4. The van der Waals surface area contributed by atoms with Crippen LogP contribution in [0.5, 0.6) is 0 Å². The van der Waals surface area contributed by atoms with Crippen LogP contribution in [0, 0.1) is 0 Å². The zero-order chi connectivity index (χ0) is 15.4. The van der Waals surface area contributed by atoms with Gasteiger partial charge in [-0.15, -0.1) is 0 Å². The van der Waals surface area contributed by atoms with Crippen molar-refractivity contribution in [3.63, 3.8) is 0 Å².